The van der Waals surface area contributed by atoms with Crippen LogP contribution in [0.5, 0.6) is 0 Å². The van der Waals surface area contributed by atoms with Gasteiger partial charge in [0.05, 0.1) is 0 Å². The summed E-state index contributed by atoms with van der Waals surface area (Å²) >= 11 is 0. The predicted molar refractivity (Wildman–Crippen MR) is 37.9 cm³/mol. The first-order chi connectivity index (χ1) is 4.41. The van der Waals surface area contributed by atoms with Gasteiger partial charge >= 0.3 is 0 Å². The van der Waals surface area contributed by atoms with Crippen molar-refractivity contribution >= 4 is 0 Å². The number of rotatable bonds is 0. The van der Waals surface area contributed by atoms with Crippen molar-refractivity contribution in [1.29, 1.82) is 0 Å². The Morgan fingerprint density at radius 1 is 0.889 bits per heavy atom. The minimum atomic E-state index is 0.667. The molecule has 48 valence electrons. The van der Waals surface area contributed by atoms with Gasteiger partial charge in [-0.25, -0.2) is 0 Å². The van der Waals surface area contributed by atoms with Crippen molar-refractivity contribution in [2.24, 2.45) is 5.41 Å². The van der Waals surface area contributed by atoms with E-state index in [0.717, 1.165) is 0 Å². The smallest absolute Gasteiger partial charge is 0.0154 e. The highest BCUT2D eigenvalue weighted by atomic mass is 14.4. The highest BCUT2D eigenvalue weighted by Crippen LogP contribution is 2.45. The van der Waals surface area contributed by atoms with Crippen LogP contribution in [0.4, 0.5) is 0 Å². The fraction of sp³-hybridized carbons (Fsp3) is 0.778. The molecule has 0 aromatic rings. The Morgan fingerprint density at radius 2 is 1.44 bits per heavy atom. The zero-order valence-corrected chi connectivity index (χ0v) is 5.74. The summed E-state index contributed by atoms with van der Waals surface area (Å²) in [5.41, 5.74) is 0.667. The fourth-order valence-corrected chi connectivity index (χ4v) is 2.04. The Labute approximate surface area is 56.6 Å². The highest BCUT2D eigenvalue weighted by molar-refractivity contribution is 5.15. The summed E-state index contributed by atoms with van der Waals surface area (Å²) in [7, 11) is 0. The van der Waals surface area contributed by atoms with Gasteiger partial charge in [-0.05, 0) is 18.3 Å². The molecule has 2 rings (SSSR count). The minimum absolute atomic E-state index is 0.667. The molecule has 0 aromatic heterocycles. The van der Waals surface area contributed by atoms with Gasteiger partial charge in [0, 0.05) is 12.8 Å². The molecule has 1 saturated carbocycles. The molecule has 0 heteroatoms. The maximum absolute atomic E-state index is 3.20. The van der Waals surface area contributed by atoms with Crippen LogP contribution in [0.25, 0.3) is 0 Å². The molecule has 0 radical (unpaired) electrons. The summed E-state index contributed by atoms with van der Waals surface area (Å²) in [6.45, 7) is 0. The van der Waals surface area contributed by atoms with Crippen molar-refractivity contribution in [3.63, 3.8) is 0 Å². The number of hydrogen-bond donors (Lipinski definition) is 0. The molecule has 2 aliphatic carbocycles. The molecule has 0 saturated heterocycles. The molecule has 0 atom stereocenters. The van der Waals surface area contributed by atoms with E-state index in [9.17, 15) is 0 Å². The Kier molecular flexibility index (Phi) is 1.05. The van der Waals surface area contributed by atoms with Crippen LogP contribution in [0.1, 0.15) is 38.5 Å². The molecule has 1 fully saturated rings. The monoisotopic (exact) mass is 120 g/mol. The third-order valence-electron chi connectivity index (χ3n) is 2.72. The van der Waals surface area contributed by atoms with E-state index in [1.54, 1.807) is 0 Å². The van der Waals surface area contributed by atoms with E-state index >= 15 is 0 Å². The molecule has 2 aliphatic rings. The minimum Gasteiger partial charge on any atom is -0.103 e. The molecule has 9 heavy (non-hydrogen) atoms. The first-order valence-electron chi connectivity index (χ1n) is 3.87. The lowest BCUT2D eigenvalue weighted by Crippen LogP contribution is -2.10. The second-order valence-corrected chi connectivity index (χ2v) is 3.41. The van der Waals surface area contributed by atoms with Crippen LogP contribution < -0.4 is 0 Å². The summed E-state index contributed by atoms with van der Waals surface area (Å²) in [5, 5.41) is 0. The van der Waals surface area contributed by atoms with E-state index in [-0.39, 0.29) is 0 Å². The second-order valence-electron chi connectivity index (χ2n) is 3.41. The van der Waals surface area contributed by atoms with Crippen LogP contribution in [-0.2, 0) is 0 Å². The second kappa shape index (κ2) is 1.77. The SMILES string of the molecule is C1#CCC2(C1)CCCC2. The van der Waals surface area contributed by atoms with Gasteiger partial charge in [0.25, 0.3) is 0 Å². The Balaban J connectivity index is 2.08. The van der Waals surface area contributed by atoms with Crippen molar-refractivity contribution in [2.75, 3.05) is 0 Å². The molecule has 1 spiro atoms. The van der Waals surface area contributed by atoms with Crippen LogP contribution in [0, 0.1) is 17.3 Å². The van der Waals surface area contributed by atoms with Gasteiger partial charge in [-0.2, -0.15) is 0 Å². The fourth-order valence-electron chi connectivity index (χ4n) is 2.04. The lowest BCUT2D eigenvalue weighted by molar-refractivity contribution is 0.327. The van der Waals surface area contributed by atoms with Crippen molar-refractivity contribution < 1.29 is 0 Å². The van der Waals surface area contributed by atoms with Crippen LogP contribution >= 0.6 is 0 Å². The van der Waals surface area contributed by atoms with Gasteiger partial charge in [0.2, 0.25) is 0 Å². The molecular formula is C9H12. The van der Waals surface area contributed by atoms with Gasteiger partial charge < -0.3 is 0 Å². The van der Waals surface area contributed by atoms with Crippen molar-refractivity contribution in [1.82, 2.24) is 0 Å². The molecule has 0 aliphatic heterocycles. The average Bonchev–Trinajstić information content (AvgIpc) is 2.45. The lowest BCUT2D eigenvalue weighted by atomic mass is 9.84. The van der Waals surface area contributed by atoms with Gasteiger partial charge in [-0.15, -0.1) is 11.8 Å². The molecule has 0 aromatic carbocycles. The van der Waals surface area contributed by atoms with Crippen LogP contribution in [-0.4, -0.2) is 0 Å². The summed E-state index contributed by atoms with van der Waals surface area (Å²) in [6.07, 6.45) is 8.17. The number of hydrogen-bond acceptors (Lipinski definition) is 0. The van der Waals surface area contributed by atoms with Gasteiger partial charge in [-0.3, -0.25) is 0 Å². The lowest BCUT2D eigenvalue weighted by Gasteiger charge is -2.19. The normalized spacial score (nSPS) is 28.4. The van der Waals surface area contributed by atoms with E-state index in [2.05, 4.69) is 11.8 Å². The highest BCUT2D eigenvalue weighted by Gasteiger charge is 2.33. The van der Waals surface area contributed by atoms with E-state index in [1.165, 1.54) is 38.5 Å². The van der Waals surface area contributed by atoms with Gasteiger partial charge in [0.15, 0.2) is 0 Å². The van der Waals surface area contributed by atoms with Crippen molar-refractivity contribution in [2.45, 2.75) is 38.5 Å². The Morgan fingerprint density at radius 3 is 2.00 bits per heavy atom. The third-order valence-corrected chi connectivity index (χ3v) is 2.72. The van der Waals surface area contributed by atoms with Gasteiger partial charge in [-0.1, -0.05) is 12.8 Å². The summed E-state index contributed by atoms with van der Waals surface area (Å²) in [4.78, 5) is 0. The third kappa shape index (κ3) is 0.758. The van der Waals surface area contributed by atoms with E-state index in [0.29, 0.717) is 5.41 Å². The quantitative estimate of drug-likeness (QED) is 0.430. The largest absolute Gasteiger partial charge is 0.103 e. The van der Waals surface area contributed by atoms with E-state index < -0.39 is 0 Å². The Bertz CT molecular complexity index is 150. The van der Waals surface area contributed by atoms with Gasteiger partial charge in [0.1, 0.15) is 0 Å². The average molecular weight is 120 g/mol. The van der Waals surface area contributed by atoms with Crippen LogP contribution in [0.2, 0.25) is 0 Å². The summed E-state index contributed by atoms with van der Waals surface area (Å²) < 4.78 is 0. The first-order valence-corrected chi connectivity index (χ1v) is 3.87. The van der Waals surface area contributed by atoms with E-state index in [4.69, 9.17) is 0 Å². The van der Waals surface area contributed by atoms with Crippen LogP contribution in [0.3, 0.4) is 0 Å². The maximum atomic E-state index is 3.20. The molecule has 0 N–H and O–H groups in total. The standard InChI is InChI=1S/C9H12/c1-2-6-9(5-1)7-3-4-8-9/h1-2,5-8H2. The maximum Gasteiger partial charge on any atom is 0.0154 e. The van der Waals surface area contributed by atoms with E-state index in [1.807, 2.05) is 0 Å². The molecule has 0 heterocycles. The topological polar surface area (TPSA) is 0 Å². The van der Waals surface area contributed by atoms with Crippen LogP contribution in [0.15, 0.2) is 0 Å². The molecule has 0 amide bonds. The molecule has 0 nitrogen and oxygen atoms in total. The van der Waals surface area contributed by atoms with Crippen molar-refractivity contribution in [3.8, 4) is 11.8 Å². The molecular weight excluding hydrogens is 108 g/mol. The molecule has 0 bridgehead atoms. The predicted octanol–water partition coefficient (Wildman–Crippen LogP) is 2.34. The Hall–Kier alpha value is -0.440. The summed E-state index contributed by atoms with van der Waals surface area (Å²) in [6, 6.07) is 0. The zero-order valence-electron chi connectivity index (χ0n) is 5.74. The first kappa shape index (κ1) is 5.35. The zero-order chi connectivity index (χ0) is 6.16. The molecule has 0 unspecified atom stereocenters. The summed E-state index contributed by atoms with van der Waals surface area (Å²) in [5.74, 6) is 6.41. The van der Waals surface area contributed by atoms with Crippen molar-refractivity contribution in [3.05, 3.63) is 0 Å².